The molecule has 0 N–H and O–H groups in total. The lowest BCUT2D eigenvalue weighted by molar-refractivity contribution is 0.0642. The fraction of sp³-hybridized carbons (Fsp3) is 0.0556. The summed E-state index contributed by atoms with van der Waals surface area (Å²) in [6.45, 7) is -0.00236. The van der Waals surface area contributed by atoms with Crippen LogP contribution in [0.5, 0.6) is 0 Å². The molecule has 0 fully saturated rings. The summed E-state index contributed by atoms with van der Waals surface area (Å²) in [6.07, 6.45) is 1.60. The van der Waals surface area contributed by atoms with Crippen molar-refractivity contribution in [3.05, 3.63) is 77.2 Å². The van der Waals surface area contributed by atoms with Gasteiger partial charge in [0.2, 0.25) is 0 Å². The maximum Gasteiger partial charge on any atom is 0.261 e. The van der Waals surface area contributed by atoms with E-state index in [-0.39, 0.29) is 18.4 Å². The molecule has 1 aromatic heterocycles. The Labute approximate surface area is 131 Å². The predicted molar refractivity (Wildman–Crippen MR) is 82.3 cm³/mol. The van der Waals surface area contributed by atoms with Gasteiger partial charge in [-0.25, -0.2) is 4.39 Å². The Kier molecular flexibility index (Phi) is 2.94. The first kappa shape index (κ1) is 13.6. The van der Waals surface area contributed by atoms with Gasteiger partial charge in [0.1, 0.15) is 5.82 Å². The fourth-order valence-electron chi connectivity index (χ4n) is 2.90. The summed E-state index contributed by atoms with van der Waals surface area (Å²) in [5, 5.41) is 0.638. The summed E-state index contributed by atoms with van der Waals surface area (Å²) in [6, 6.07) is 12.8. The van der Waals surface area contributed by atoms with Gasteiger partial charge in [0.15, 0.2) is 0 Å². The summed E-state index contributed by atoms with van der Waals surface area (Å²) in [5.41, 5.74) is 1.86. The third kappa shape index (κ3) is 2.09. The van der Waals surface area contributed by atoms with E-state index >= 15 is 0 Å². The Hall–Kier alpha value is -3.08. The van der Waals surface area contributed by atoms with Gasteiger partial charge in [0.05, 0.1) is 23.2 Å². The molecule has 0 unspecified atom stereocenters. The van der Waals surface area contributed by atoms with Crippen molar-refractivity contribution in [2.75, 3.05) is 0 Å². The number of hydrogen-bond acceptors (Lipinski definition) is 3. The molecule has 112 valence electrons. The Balaban J connectivity index is 1.78. The molecule has 5 heteroatoms. The number of hydrogen-bond donors (Lipinski definition) is 0. The lowest BCUT2D eigenvalue weighted by atomic mass is 10.1. The van der Waals surface area contributed by atoms with Crippen molar-refractivity contribution in [2.45, 2.75) is 6.54 Å². The van der Waals surface area contributed by atoms with Gasteiger partial charge >= 0.3 is 0 Å². The number of amides is 2. The molecule has 2 heterocycles. The zero-order valence-corrected chi connectivity index (χ0v) is 12.0. The number of rotatable bonds is 2. The average Bonchev–Trinajstić information content (AvgIpc) is 2.80. The SMILES string of the molecule is O=C1c2ccccc2C(=O)N1Cc1cc(F)cc2cccnc12. The number of imide groups is 1. The second kappa shape index (κ2) is 4.98. The number of benzene rings is 2. The summed E-state index contributed by atoms with van der Waals surface area (Å²) in [4.78, 5) is 30.2. The standard InChI is InChI=1S/C18H11FN2O2/c19-13-8-11-4-3-7-20-16(11)12(9-13)10-21-17(22)14-5-1-2-6-15(14)18(21)23/h1-9H,10H2. The maximum absolute atomic E-state index is 13.8. The smallest absolute Gasteiger partial charge is 0.261 e. The lowest BCUT2D eigenvalue weighted by Gasteiger charge is -2.15. The molecule has 2 aromatic carbocycles. The topological polar surface area (TPSA) is 50.3 Å². The maximum atomic E-state index is 13.8. The normalized spacial score (nSPS) is 13.7. The largest absolute Gasteiger partial charge is 0.270 e. The van der Waals surface area contributed by atoms with E-state index in [1.807, 2.05) is 0 Å². The third-order valence-corrected chi connectivity index (χ3v) is 3.96. The second-order valence-electron chi connectivity index (χ2n) is 5.38. The molecule has 0 bridgehead atoms. The van der Waals surface area contributed by atoms with Gasteiger partial charge in [-0.3, -0.25) is 19.5 Å². The van der Waals surface area contributed by atoms with E-state index in [0.717, 1.165) is 4.90 Å². The van der Waals surface area contributed by atoms with Crippen LogP contribution in [0.4, 0.5) is 4.39 Å². The van der Waals surface area contributed by atoms with Crippen LogP contribution < -0.4 is 0 Å². The molecule has 0 atom stereocenters. The minimum Gasteiger partial charge on any atom is -0.270 e. The van der Waals surface area contributed by atoms with Gasteiger partial charge in [-0.15, -0.1) is 0 Å². The molecule has 0 saturated carbocycles. The van der Waals surface area contributed by atoms with Crippen LogP contribution >= 0.6 is 0 Å². The summed E-state index contributed by atoms with van der Waals surface area (Å²) < 4.78 is 13.8. The number of carbonyl (C=O) groups excluding carboxylic acids is 2. The number of carbonyl (C=O) groups is 2. The zero-order valence-electron chi connectivity index (χ0n) is 12.0. The van der Waals surface area contributed by atoms with Crippen LogP contribution in [0.1, 0.15) is 26.3 Å². The van der Waals surface area contributed by atoms with Crippen molar-refractivity contribution in [1.29, 1.82) is 0 Å². The molecule has 0 spiro atoms. The Morgan fingerprint density at radius 3 is 2.35 bits per heavy atom. The molecule has 1 aliphatic heterocycles. The number of halogens is 1. The van der Waals surface area contributed by atoms with Crippen molar-refractivity contribution in [3.63, 3.8) is 0 Å². The third-order valence-electron chi connectivity index (χ3n) is 3.96. The predicted octanol–water partition coefficient (Wildman–Crippen LogP) is 3.17. The van der Waals surface area contributed by atoms with Gasteiger partial charge in [-0.2, -0.15) is 0 Å². The molecular weight excluding hydrogens is 295 g/mol. The van der Waals surface area contributed by atoms with Crippen LogP contribution in [-0.4, -0.2) is 21.7 Å². The monoisotopic (exact) mass is 306 g/mol. The molecule has 1 aliphatic rings. The first-order valence-corrected chi connectivity index (χ1v) is 7.13. The van der Waals surface area contributed by atoms with Gasteiger partial charge < -0.3 is 0 Å². The van der Waals surface area contributed by atoms with Crippen LogP contribution in [0.15, 0.2) is 54.7 Å². The fourth-order valence-corrected chi connectivity index (χ4v) is 2.90. The summed E-state index contributed by atoms with van der Waals surface area (Å²) in [5.74, 6) is -1.14. The van der Waals surface area contributed by atoms with E-state index in [1.165, 1.54) is 12.1 Å². The molecule has 4 nitrogen and oxygen atoms in total. The van der Waals surface area contributed by atoms with E-state index < -0.39 is 5.82 Å². The summed E-state index contributed by atoms with van der Waals surface area (Å²) in [7, 11) is 0. The first-order chi connectivity index (χ1) is 11.1. The Morgan fingerprint density at radius 2 is 1.65 bits per heavy atom. The first-order valence-electron chi connectivity index (χ1n) is 7.13. The van der Waals surface area contributed by atoms with Crippen molar-refractivity contribution in [1.82, 2.24) is 9.88 Å². The molecule has 0 radical (unpaired) electrons. The number of aromatic nitrogens is 1. The quantitative estimate of drug-likeness (QED) is 0.683. The summed E-state index contributed by atoms with van der Waals surface area (Å²) >= 11 is 0. The molecule has 0 aliphatic carbocycles. The van der Waals surface area contributed by atoms with Crippen molar-refractivity contribution in [2.24, 2.45) is 0 Å². The highest BCUT2D eigenvalue weighted by molar-refractivity contribution is 6.21. The molecule has 2 amide bonds. The van der Waals surface area contributed by atoms with E-state index in [0.29, 0.717) is 27.6 Å². The van der Waals surface area contributed by atoms with Crippen LogP contribution in [-0.2, 0) is 6.54 Å². The molecular formula is C18H11FN2O2. The van der Waals surface area contributed by atoms with Gasteiger partial charge in [0, 0.05) is 17.1 Å². The minimum atomic E-state index is -0.419. The van der Waals surface area contributed by atoms with Crippen molar-refractivity contribution >= 4 is 22.7 Å². The molecule has 4 rings (SSSR count). The highest BCUT2D eigenvalue weighted by Gasteiger charge is 2.35. The highest BCUT2D eigenvalue weighted by atomic mass is 19.1. The average molecular weight is 306 g/mol. The Morgan fingerprint density at radius 1 is 0.957 bits per heavy atom. The molecule has 23 heavy (non-hydrogen) atoms. The Bertz CT molecular complexity index is 933. The van der Waals surface area contributed by atoms with Crippen LogP contribution in [0.25, 0.3) is 10.9 Å². The van der Waals surface area contributed by atoms with Crippen LogP contribution in [0.2, 0.25) is 0 Å². The van der Waals surface area contributed by atoms with Crippen molar-refractivity contribution in [3.8, 4) is 0 Å². The zero-order chi connectivity index (χ0) is 16.0. The van der Waals surface area contributed by atoms with E-state index in [4.69, 9.17) is 0 Å². The van der Waals surface area contributed by atoms with E-state index in [1.54, 1.807) is 42.6 Å². The lowest BCUT2D eigenvalue weighted by Crippen LogP contribution is -2.29. The number of pyridine rings is 1. The van der Waals surface area contributed by atoms with E-state index in [2.05, 4.69) is 4.98 Å². The van der Waals surface area contributed by atoms with Crippen LogP contribution in [0.3, 0.4) is 0 Å². The van der Waals surface area contributed by atoms with E-state index in [9.17, 15) is 14.0 Å². The van der Waals surface area contributed by atoms with Gasteiger partial charge in [-0.05, 0) is 30.3 Å². The second-order valence-corrected chi connectivity index (χ2v) is 5.38. The minimum absolute atomic E-state index is 0.00236. The highest BCUT2D eigenvalue weighted by Crippen LogP contribution is 2.26. The van der Waals surface area contributed by atoms with Gasteiger partial charge in [0.25, 0.3) is 11.8 Å². The number of nitrogens with zero attached hydrogens (tertiary/aromatic N) is 2. The molecule has 3 aromatic rings. The van der Waals surface area contributed by atoms with Gasteiger partial charge in [-0.1, -0.05) is 18.2 Å². The number of fused-ring (bicyclic) bond motifs is 2. The van der Waals surface area contributed by atoms with Crippen LogP contribution in [0, 0.1) is 5.82 Å². The molecule has 0 saturated heterocycles. The van der Waals surface area contributed by atoms with Crippen molar-refractivity contribution < 1.29 is 14.0 Å².